The summed E-state index contributed by atoms with van der Waals surface area (Å²) in [5.41, 5.74) is -1.43. The van der Waals surface area contributed by atoms with Crippen molar-refractivity contribution in [3.63, 3.8) is 0 Å². The normalized spacial score (nSPS) is 11.4. The molecule has 1 aromatic carbocycles. The number of Topliss-reactive ketones (excluding diaryl/α,β-unsaturated/α-hetero) is 1. The fourth-order valence-corrected chi connectivity index (χ4v) is 1.18. The van der Waals surface area contributed by atoms with Crippen LogP contribution in [0.2, 0.25) is 0 Å². The van der Waals surface area contributed by atoms with Gasteiger partial charge >= 0.3 is 6.18 Å². The Balaban J connectivity index is 2.77. The molecule has 18 heavy (non-hydrogen) atoms. The number of carbonyl (C=O) groups excluding carboxylic acids is 1. The predicted octanol–water partition coefficient (Wildman–Crippen LogP) is 2.44. The number of halogens is 4. The van der Waals surface area contributed by atoms with Crippen molar-refractivity contribution in [2.24, 2.45) is 0 Å². The quantitative estimate of drug-likeness (QED) is 0.768. The third kappa shape index (κ3) is 3.99. The molecule has 1 aromatic rings. The SMILES string of the molecule is COCC(=O)COc1ccc(F)c(C(F)(F)F)c1. The lowest BCUT2D eigenvalue weighted by Crippen LogP contribution is -2.16. The van der Waals surface area contributed by atoms with Crippen molar-refractivity contribution < 1.29 is 31.8 Å². The molecule has 0 aliphatic rings. The van der Waals surface area contributed by atoms with E-state index in [0.29, 0.717) is 12.1 Å². The standard InChI is InChI=1S/C11H10F4O3/c1-17-5-7(16)6-18-8-2-3-10(12)9(4-8)11(13,14)15/h2-4H,5-6H2,1H3. The van der Waals surface area contributed by atoms with Gasteiger partial charge in [0.2, 0.25) is 0 Å². The molecule has 0 aromatic heterocycles. The molecule has 100 valence electrons. The zero-order valence-electron chi connectivity index (χ0n) is 9.38. The minimum Gasteiger partial charge on any atom is -0.486 e. The number of ether oxygens (including phenoxy) is 2. The zero-order chi connectivity index (χ0) is 13.8. The van der Waals surface area contributed by atoms with E-state index in [1.807, 2.05) is 0 Å². The van der Waals surface area contributed by atoms with Gasteiger partial charge in [0.1, 0.15) is 24.8 Å². The molecule has 0 radical (unpaired) electrons. The van der Waals surface area contributed by atoms with Gasteiger partial charge in [0.25, 0.3) is 0 Å². The number of hydrogen-bond donors (Lipinski definition) is 0. The molecule has 0 aliphatic carbocycles. The summed E-state index contributed by atoms with van der Waals surface area (Å²) in [6, 6.07) is 2.17. The Bertz CT molecular complexity index is 429. The van der Waals surface area contributed by atoms with Crippen LogP contribution in [0, 0.1) is 5.82 Å². The lowest BCUT2D eigenvalue weighted by Gasteiger charge is -2.10. The summed E-state index contributed by atoms with van der Waals surface area (Å²) < 4.78 is 59.4. The third-order valence-corrected chi connectivity index (χ3v) is 1.95. The van der Waals surface area contributed by atoms with Crippen LogP contribution in [0.25, 0.3) is 0 Å². The maximum absolute atomic E-state index is 12.9. The smallest absolute Gasteiger partial charge is 0.419 e. The number of alkyl halides is 3. The van der Waals surface area contributed by atoms with Crippen LogP contribution >= 0.6 is 0 Å². The molecule has 1 rings (SSSR count). The van der Waals surface area contributed by atoms with Crippen LogP contribution in [0.5, 0.6) is 5.75 Å². The summed E-state index contributed by atoms with van der Waals surface area (Å²) in [6.07, 6.45) is -4.81. The second-order valence-corrected chi connectivity index (χ2v) is 3.40. The largest absolute Gasteiger partial charge is 0.486 e. The van der Waals surface area contributed by atoms with E-state index < -0.39 is 29.9 Å². The van der Waals surface area contributed by atoms with E-state index in [0.717, 1.165) is 6.07 Å². The number of methoxy groups -OCH3 is 1. The Morgan fingerprint density at radius 3 is 2.50 bits per heavy atom. The van der Waals surface area contributed by atoms with Crippen LogP contribution in [-0.4, -0.2) is 26.1 Å². The highest BCUT2D eigenvalue weighted by molar-refractivity contribution is 5.81. The maximum atomic E-state index is 12.9. The van der Waals surface area contributed by atoms with E-state index in [1.54, 1.807) is 0 Å². The molecular formula is C11H10F4O3. The topological polar surface area (TPSA) is 35.5 Å². The monoisotopic (exact) mass is 266 g/mol. The lowest BCUT2D eigenvalue weighted by atomic mass is 10.2. The molecule has 0 saturated heterocycles. The highest BCUT2D eigenvalue weighted by Crippen LogP contribution is 2.33. The minimum atomic E-state index is -4.81. The van der Waals surface area contributed by atoms with Crippen molar-refractivity contribution in [1.82, 2.24) is 0 Å². The Morgan fingerprint density at radius 2 is 1.94 bits per heavy atom. The van der Waals surface area contributed by atoms with E-state index in [4.69, 9.17) is 4.74 Å². The molecule has 0 N–H and O–H groups in total. The number of carbonyl (C=O) groups is 1. The van der Waals surface area contributed by atoms with Crippen LogP contribution < -0.4 is 4.74 Å². The fourth-order valence-electron chi connectivity index (χ4n) is 1.18. The Hall–Kier alpha value is -1.63. The predicted molar refractivity (Wildman–Crippen MR) is 53.8 cm³/mol. The summed E-state index contributed by atoms with van der Waals surface area (Å²) >= 11 is 0. The molecule has 0 saturated carbocycles. The summed E-state index contributed by atoms with van der Waals surface area (Å²) in [6.45, 7) is -0.635. The number of rotatable bonds is 5. The highest BCUT2D eigenvalue weighted by atomic mass is 19.4. The second-order valence-electron chi connectivity index (χ2n) is 3.40. The van der Waals surface area contributed by atoms with Crippen molar-refractivity contribution in [2.75, 3.05) is 20.3 Å². The van der Waals surface area contributed by atoms with Crippen molar-refractivity contribution in [3.05, 3.63) is 29.6 Å². The number of benzene rings is 1. The highest BCUT2D eigenvalue weighted by Gasteiger charge is 2.34. The molecule has 0 heterocycles. The van der Waals surface area contributed by atoms with Gasteiger partial charge in [-0.05, 0) is 18.2 Å². The van der Waals surface area contributed by atoms with Gasteiger partial charge in [-0.15, -0.1) is 0 Å². The second kappa shape index (κ2) is 5.81. The molecule has 7 heteroatoms. The van der Waals surface area contributed by atoms with Gasteiger partial charge in [0.15, 0.2) is 5.78 Å². The first-order chi connectivity index (χ1) is 8.34. The first kappa shape index (κ1) is 14.4. The van der Waals surface area contributed by atoms with Gasteiger partial charge in [0.05, 0.1) is 5.56 Å². The Labute approximate surface area is 100 Å². The number of hydrogen-bond acceptors (Lipinski definition) is 3. The summed E-state index contributed by atoms with van der Waals surface area (Å²) in [4.78, 5) is 11.0. The first-order valence-corrected chi connectivity index (χ1v) is 4.84. The molecule has 0 unspecified atom stereocenters. The van der Waals surface area contributed by atoms with Gasteiger partial charge < -0.3 is 9.47 Å². The van der Waals surface area contributed by atoms with Gasteiger partial charge in [-0.2, -0.15) is 13.2 Å². The van der Waals surface area contributed by atoms with E-state index in [-0.39, 0.29) is 12.4 Å². The Morgan fingerprint density at radius 1 is 1.28 bits per heavy atom. The van der Waals surface area contributed by atoms with E-state index in [2.05, 4.69) is 4.74 Å². The van der Waals surface area contributed by atoms with Gasteiger partial charge in [-0.1, -0.05) is 0 Å². The van der Waals surface area contributed by atoms with Crippen LogP contribution in [0.3, 0.4) is 0 Å². The molecule has 3 nitrogen and oxygen atoms in total. The van der Waals surface area contributed by atoms with E-state index >= 15 is 0 Å². The van der Waals surface area contributed by atoms with E-state index in [9.17, 15) is 22.4 Å². The van der Waals surface area contributed by atoms with Gasteiger partial charge in [-0.3, -0.25) is 4.79 Å². The van der Waals surface area contributed by atoms with Crippen LogP contribution in [-0.2, 0) is 15.7 Å². The summed E-state index contributed by atoms with van der Waals surface area (Å²) in [5.74, 6) is -2.05. The Kier molecular flexibility index (Phi) is 4.66. The fraction of sp³-hybridized carbons (Fsp3) is 0.364. The van der Waals surface area contributed by atoms with Gasteiger partial charge in [0, 0.05) is 7.11 Å². The molecule has 0 atom stereocenters. The maximum Gasteiger partial charge on any atom is 0.419 e. The first-order valence-electron chi connectivity index (χ1n) is 4.84. The third-order valence-electron chi connectivity index (χ3n) is 1.95. The average molecular weight is 266 g/mol. The summed E-state index contributed by atoms with van der Waals surface area (Å²) in [7, 11) is 1.30. The lowest BCUT2D eigenvalue weighted by molar-refractivity contribution is -0.140. The van der Waals surface area contributed by atoms with E-state index in [1.165, 1.54) is 7.11 Å². The molecule has 0 spiro atoms. The number of ketones is 1. The average Bonchev–Trinajstić information content (AvgIpc) is 2.27. The van der Waals surface area contributed by atoms with Crippen molar-refractivity contribution >= 4 is 5.78 Å². The van der Waals surface area contributed by atoms with Crippen LogP contribution in [0.1, 0.15) is 5.56 Å². The molecule has 0 aliphatic heterocycles. The zero-order valence-corrected chi connectivity index (χ0v) is 9.38. The van der Waals surface area contributed by atoms with Crippen molar-refractivity contribution in [2.45, 2.75) is 6.18 Å². The minimum absolute atomic E-state index is 0.201. The van der Waals surface area contributed by atoms with Crippen LogP contribution in [0.15, 0.2) is 18.2 Å². The van der Waals surface area contributed by atoms with Gasteiger partial charge in [-0.25, -0.2) is 4.39 Å². The summed E-state index contributed by atoms with van der Waals surface area (Å²) in [5, 5.41) is 0. The molecule has 0 fully saturated rings. The molecular weight excluding hydrogens is 256 g/mol. The molecule has 0 bridgehead atoms. The molecule has 0 amide bonds. The van der Waals surface area contributed by atoms with Crippen molar-refractivity contribution in [3.8, 4) is 5.75 Å². The van der Waals surface area contributed by atoms with Crippen molar-refractivity contribution in [1.29, 1.82) is 0 Å². The van der Waals surface area contributed by atoms with Crippen LogP contribution in [0.4, 0.5) is 17.6 Å².